The van der Waals surface area contributed by atoms with E-state index in [4.69, 9.17) is 11.6 Å². The van der Waals surface area contributed by atoms with Crippen LogP contribution >= 0.6 is 11.6 Å². The van der Waals surface area contributed by atoms with Crippen molar-refractivity contribution in [2.45, 2.75) is 25.8 Å². The van der Waals surface area contributed by atoms with Crippen LogP contribution in [0.5, 0.6) is 0 Å². The number of allylic oxidation sites excluding steroid dienone is 1. The second-order valence-corrected chi connectivity index (χ2v) is 4.91. The maximum Gasteiger partial charge on any atom is 0.106 e. The SMILES string of the molecule is C=CCCC(C)Nc1cccc(Cl)c1-n1cccn1. The monoisotopic (exact) mass is 275 g/mol. The minimum Gasteiger partial charge on any atom is -0.381 e. The number of para-hydroxylation sites is 1. The number of hydrogen-bond donors (Lipinski definition) is 1. The van der Waals surface area contributed by atoms with Crippen molar-refractivity contribution >= 4 is 17.3 Å². The summed E-state index contributed by atoms with van der Waals surface area (Å²) in [6.45, 7) is 5.90. The molecule has 1 unspecified atom stereocenters. The summed E-state index contributed by atoms with van der Waals surface area (Å²) < 4.78 is 1.78. The molecule has 1 N–H and O–H groups in total. The van der Waals surface area contributed by atoms with Gasteiger partial charge in [-0.3, -0.25) is 0 Å². The van der Waals surface area contributed by atoms with E-state index in [-0.39, 0.29) is 0 Å². The zero-order chi connectivity index (χ0) is 13.7. The zero-order valence-electron chi connectivity index (χ0n) is 11.0. The van der Waals surface area contributed by atoms with Gasteiger partial charge in [0.1, 0.15) is 5.69 Å². The van der Waals surface area contributed by atoms with E-state index < -0.39 is 0 Å². The van der Waals surface area contributed by atoms with Crippen molar-refractivity contribution in [2.24, 2.45) is 0 Å². The highest BCUT2D eigenvalue weighted by Gasteiger charge is 2.11. The van der Waals surface area contributed by atoms with Gasteiger partial charge in [-0.15, -0.1) is 6.58 Å². The van der Waals surface area contributed by atoms with Crippen LogP contribution in [0, 0.1) is 0 Å². The quantitative estimate of drug-likeness (QED) is 0.797. The zero-order valence-corrected chi connectivity index (χ0v) is 11.8. The van der Waals surface area contributed by atoms with Gasteiger partial charge in [0.15, 0.2) is 0 Å². The standard InChI is InChI=1S/C15H18ClN3/c1-3-4-7-12(2)18-14-9-5-8-13(16)15(14)19-11-6-10-17-19/h3,5-6,8-12,18H,1,4,7H2,2H3. The minimum atomic E-state index is 0.353. The molecule has 1 aromatic heterocycles. The molecule has 2 rings (SSSR count). The normalized spacial score (nSPS) is 12.1. The van der Waals surface area contributed by atoms with Crippen LogP contribution in [0.3, 0.4) is 0 Å². The average molecular weight is 276 g/mol. The Hall–Kier alpha value is -1.74. The Morgan fingerprint density at radius 2 is 2.32 bits per heavy atom. The Balaban J connectivity index is 2.25. The molecule has 0 aliphatic carbocycles. The predicted octanol–water partition coefficient (Wildman–Crippen LogP) is 4.29. The number of rotatable bonds is 6. The molecule has 1 aromatic carbocycles. The molecule has 1 heterocycles. The van der Waals surface area contributed by atoms with Crippen LogP contribution in [-0.4, -0.2) is 15.8 Å². The molecule has 0 radical (unpaired) electrons. The van der Waals surface area contributed by atoms with Crippen LogP contribution in [0.15, 0.2) is 49.3 Å². The van der Waals surface area contributed by atoms with Gasteiger partial charge in [0.25, 0.3) is 0 Å². The lowest BCUT2D eigenvalue weighted by atomic mass is 10.1. The van der Waals surface area contributed by atoms with Crippen molar-refractivity contribution in [3.63, 3.8) is 0 Å². The highest BCUT2D eigenvalue weighted by Crippen LogP contribution is 2.28. The van der Waals surface area contributed by atoms with Gasteiger partial charge in [-0.05, 0) is 38.0 Å². The Kier molecular flexibility index (Phi) is 4.63. The van der Waals surface area contributed by atoms with Crippen LogP contribution in [0.4, 0.5) is 5.69 Å². The Morgan fingerprint density at radius 3 is 3.00 bits per heavy atom. The molecule has 0 saturated heterocycles. The van der Waals surface area contributed by atoms with Gasteiger partial charge in [-0.25, -0.2) is 4.68 Å². The summed E-state index contributed by atoms with van der Waals surface area (Å²) in [4.78, 5) is 0. The van der Waals surface area contributed by atoms with Gasteiger partial charge in [0.05, 0.1) is 10.7 Å². The summed E-state index contributed by atoms with van der Waals surface area (Å²) in [6, 6.07) is 8.07. The number of anilines is 1. The minimum absolute atomic E-state index is 0.353. The molecule has 0 saturated carbocycles. The van der Waals surface area contributed by atoms with Gasteiger partial charge in [0.2, 0.25) is 0 Å². The first kappa shape index (κ1) is 13.7. The summed E-state index contributed by atoms with van der Waals surface area (Å²) in [7, 11) is 0. The summed E-state index contributed by atoms with van der Waals surface area (Å²) in [5.74, 6) is 0. The maximum atomic E-state index is 6.29. The average Bonchev–Trinajstić information content (AvgIpc) is 2.90. The summed E-state index contributed by atoms with van der Waals surface area (Å²) in [5.41, 5.74) is 1.88. The predicted molar refractivity (Wildman–Crippen MR) is 81.1 cm³/mol. The largest absolute Gasteiger partial charge is 0.381 e. The molecule has 1 atom stereocenters. The molecule has 0 amide bonds. The van der Waals surface area contributed by atoms with E-state index in [0.717, 1.165) is 24.2 Å². The van der Waals surface area contributed by atoms with Crippen LogP contribution in [-0.2, 0) is 0 Å². The summed E-state index contributed by atoms with van der Waals surface area (Å²) in [6.07, 6.45) is 7.60. The van der Waals surface area contributed by atoms with E-state index in [9.17, 15) is 0 Å². The second kappa shape index (κ2) is 6.43. The van der Waals surface area contributed by atoms with E-state index in [1.807, 2.05) is 36.5 Å². The van der Waals surface area contributed by atoms with Crippen molar-refractivity contribution < 1.29 is 0 Å². The fourth-order valence-electron chi connectivity index (χ4n) is 1.97. The summed E-state index contributed by atoms with van der Waals surface area (Å²) >= 11 is 6.29. The third kappa shape index (κ3) is 3.38. The van der Waals surface area contributed by atoms with Crippen LogP contribution < -0.4 is 5.32 Å². The van der Waals surface area contributed by atoms with Crippen molar-refractivity contribution in [1.29, 1.82) is 0 Å². The first-order chi connectivity index (χ1) is 9.22. The van der Waals surface area contributed by atoms with Crippen LogP contribution in [0.25, 0.3) is 5.69 Å². The van der Waals surface area contributed by atoms with Crippen molar-refractivity contribution in [1.82, 2.24) is 9.78 Å². The molecular formula is C15H18ClN3. The third-order valence-electron chi connectivity index (χ3n) is 2.93. The fraction of sp³-hybridized carbons (Fsp3) is 0.267. The molecule has 0 spiro atoms. The van der Waals surface area contributed by atoms with Crippen LogP contribution in [0.2, 0.25) is 5.02 Å². The highest BCUT2D eigenvalue weighted by molar-refractivity contribution is 6.33. The van der Waals surface area contributed by atoms with E-state index in [2.05, 4.69) is 23.9 Å². The maximum absolute atomic E-state index is 6.29. The van der Waals surface area contributed by atoms with E-state index in [1.165, 1.54) is 0 Å². The van der Waals surface area contributed by atoms with Gasteiger partial charge < -0.3 is 5.32 Å². The van der Waals surface area contributed by atoms with Crippen LogP contribution in [0.1, 0.15) is 19.8 Å². The molecular weight excluding hydrogens is 258 g/mol. The Labute approximate surface area is 118 Å². The molecule has 100 valence electrons. The topological polar surface area (TPSA) is 29.9 Å². The molecule has 0 aliphatic rings. The lowest BCUT2D eigenvalue weighted by Gasteiger charge is -2.18. The number of nitrogens with zero attached hydrogens (tertiary/aromatic N) is 2. The lowest BCUT2D eigenvalue weighted by Crippen LogP contribution is -2.16. The number of hydrogen-bond acceptors (Lipinski definition) is 2. The Bertz CT molecular complexity index is 534. The van der Waals surface area contributed by atoms with Crippen molar-refractivity contribution in [3.05, 3.63) is 54.3 Å². The van der Waals surface area contributed by atoms with E-state index in [0.29, 0.717) is 11.1 Å². The van der Waals surface area contributed by atoms with E-state index >= 15 is 0 Å². The molecule has 19 heavy (non-hydrogen) atoms. The third-order valence-corrected chi connectivity index (χ3v) is 3.23. The van der Waals surface area contributed by atoms with Crippen molar-refractivity contribution in [2.75, 3.05) is 5.32 Å². The Morgan fingerprint density at radius 1 is 1.47 bits per heavy atom. The number of aromatic nitrogens is 2. The van der Waals surface area contributed by atoms with E-state index in [1.54, 1.807) is 10.9 Å². The number of halogens is 1. The lowest BCUT2D eigenvalue weighted by molar-refractivity contribution is 0.717. The van der Waals surface area contributed by atoms with Gasteiger partial charge in [0, 0.05) is 18.4 Å². The molecule has 3 nitrogen and oxygen atoms in total. The van der Waals surface area contributed by atoms with Gasteiger partial charge in [-0.2, -0.15) is 5.10 Å². The molecule has 4 heteroatoms. The molecule has 0 aliphatic heterocycles. The first-order valence-electron chi connectivity index (χ1n) is 6.38. The molecule has 2 aromatic rings. The highest BCUT2D eigenvalue weighted by atomic mass is 35.5. The first-order valence-corrected chi connectivity index (χ1v) is 6.76. The second-order valence-electron chi connectivity index (χ2n) is 4.50. The number of nitrogens with one attached hydrogen (secondary N) is 1. The number of benzene rings is 1. The van der Waals surface area contributed by atoms with Gasteiger partial charge >= 0.3 is 0 Å². The smallest absolute Gasteiger partial charge is 0.106 e. The fourth-order valence-corrected chi connectivity index (χ4v) is 2.23. The van der Waals surface area contributed by atoms with Gasteiger partial charge in [-0.1, -0.05) is 23.7 Å². The molecule has 0 fully saturated rings. The summed E-state index contributed by atoms with van der Waals surface area (Å²) in [5, 5.41) is 8.42. The van der Waals surface area contributed by atoms with Crippen molar-refractivity contribution in [3.8, 4) is 5.69 Å². The molecule has 0 bridgehead atoms.